The van der Waals surface area contributed by atoms with Crippen molar-refractivity contribution in [2.45, 2.75) is 51.4 Å². The molecule has 0 radical (unpaired) electrons. The van der Waals surface area contributed by atoms with E-state index < -0.39 is 59.5 Å². The predicted octanol–water partition coefficient (Wildman–Crippen LogP) is 3.44. The van der Waals surface area contributed by atoms with Crippen molar-refractivity contribution in [3.63, 3.8) is 0 Å². The van der Waals surface area contributed by atoms with Crippen LogP contribution < -0.4 is 10.5 Å². The molecule has 3 aromatic rings. The van der Waals surface area contributed by atoms with Crippen LogP contribution in [0.2, 0.25) is 0 Å². The number of pyridine rings is 1. The highest BCUT2D eigenvalue weighted by Gasteiger charge is 2.43. The second kappa shape index (κ2) is 14.4. The van der Waals surface area contributed by atoms with Crippen molar-refractivity contribution in [3.8, 4) is 5.75 Å². The Morgan fingerprint density at radius 3 is 2.47 bits per heavy atom. The first-order chi connectivity index (χ1) is 21.8. The summed E-state index contributed by atoms with van der Waals surface area (Å²) in [6.07, 6.45) is -1.28. The summed E-state index contributed by atoms with van der Waals surface area (Å²) in [7, 11) is -15.4. The molecule has 0 aliphatic carbocycles. The van der Waals surface area contributed by atoms with Gasteiger partial charge in [0.05, 0.1) is 49.1 Å². The average Bonchev–Trinajstić information content (AvgIpc) is 3.50. The number of phosphoric ester groups is 1. The zero-order valence-corrected chi connectivity index (χ0v) is 27.6. The number of anilines is 1. The molecule has 23 heteroatoms. The number of nitro groups is 1. The molecule has 0 amide bonds. The Hall–Kier alpha value is -2.80. The Morgan fingerprint density at radius 2 is 1.85 bits per heavy atom. The van der Waals surface area contributed by atoms with E-state index in [1.54, 1.807) is 29.0 Å². The molecule has 1 aliphatic rings. The Balaban J connectivity index is 1.54. The van der Waals surface area contributed by atoms with Gasteiger partial charge < -0.3 is 49.2 Å². The maximum atomic E-state index is 12.1. The van der Waals surface area contributed by atoms with Crippen molar-refractivity contribution < 1.29 is 70.7 Å². The minimum atomic E-state index is -5.73. The molecule has 1 aromatic carbocycles. The lowest BCUT2D eigenvalue weighted by Gasteiger charge is -2.22. The molecule has 7 N–H and O–H groups in total. The molecular weight excluding hydrogens is 693 g/mol. The van der Waals surface area contributed by atoms with Gasteiger partial charge in [0.25, 0.3) is 5.69 Å². The minimum absolute atomic E-state index is 0.0732. The summed E-state index contributed by atoms with van der Waals surface area (Å²) in [5.41, 5.74) is 7.62. The smallest absolute Gasteiger partial charge is 0.490 e. The number of hydrogen-bond acceptors (Lipinski definition) is 14. The van der Waals surface area contributed by atoms with Crippen LogP contribution in [0, 0.1) is 16.0 Å². The third-order valence-electron chi connectivity index (χ3n) is 6.92. The second-order valence-electron chi connectivity index (χ2n) is 10.6. The van der Waals surface area contributed by atoms with Gasteiger partial charge in [-0.05, 0) is 24.1 Å². The first kappa shape index (κ1) is 37.0. The number of nitrogens with two attached hydrogens (primary N) is 1. The fourth-order valence-corrected chi connectivity index (χ4v) is 8.02. The van der Waals surface area contributed by atoms with Crippen LogP contribution in [0.15, 0.2) is 36.7 Å². The van der Waals surface area contributed by atoms with Gasteiger partial charge in [0, 0.05) is 35.5 Å². The van der Waals surface area contributed by atoms with Crippen molar-refractivity contribution >= 4 is 45.9 Å². The van der Waals surface area contributed by atoms with E-state index in [0.717, 1.165) is 0 Å². The van der Waals surface area contributed by atoms with E-state index in [9.17, 15) is 38.7 Å². The molecule has 0 saturated carbocycles. The van der Waals surface area contributed by atoms with Gasteiger partial charge in [-0.15, -0.1) is 0 Å². The summed E-state index contributed by atoms with van der Waals surface area (Å²) in [6.45, 7) is 2.75. The third kappa shape index (κ3) is 9.22. The van der Waals surface area contributed by atoms with Crippen LogP contribution in [0.5, 0.6) is 5.75 Å². The second-order valence-corrected chi connectivity index (χ2v) is 15.1. The molecule has 1 saturated heterocycles. The largest absolute Gasteiger partial charge is 0.497 e. The highest BCUT2D eigenvalue weighted by molar-refractivity contribution is 7.66. The van der Waals surface area contributed by atoms with Crippen molar-refractivity contribution in [2.75, 3.05) is 19.5 Å². The van der Waals surface area contributed by atoms with E-state index in [1.165, 1.54) is 19.4 Å². The number of hydrogen-bond donors (Lipinski definition) is 6. The maximum absolute atomic E-state index is 12.1. The number of rotatable bonds is 15. The summed E-state index contributed by atoms with van der Waals surface area (Å²) >= 11 is 0. The Labute approximate surface area is 266 Å². The number of nitrogen functional groups attached to an aromatic ring is 1. The molecule has 3 unspecified atom stereocenters. The number of aliphatic hydroxyl groups excluding tert-OH is 1. The van der Waals surface area contributed by atoms with Crippen LogP contribution >= 0.6 is 23.5 Å². The number of nitrogens with zero attached hydrogens (tertiary/aromatic N) is 3. The quantitative estimate of drug-likeness (QED) is 0.0742. The molecule has 1 fully saturated rings. The van der Waals surface area contributed by atoms with Crippen LogP contribution in [0.3, 0.4) is 0 Å². The van der Waals surface area contributed by atoms with E-state index in [0.29, 0.717) is 33.6 Å². The monoisotopic (exact) mass is 726 g/mol. The van der Waals surface area contributed by atoms with Gasteiger partial charge in [-0.3, -0.25) is 14.6 Å². The molecule has 0 bridgehead atoms. The number of phosphoric acid groups is 3. The van der Waals surface area contributed by atoms with Gasteiger partial charge in [0.15, 0.2) is 0 Å². The molecule has 1 aliphatic heterocycles. The summed E-state index contributed by atoms with van der Waals surface area (Å²) in [5.74, 6) is 0.110. The molecule has 2 aromatic heterocycles. The fourth-order valence-electron chi connectivity index (χ4n) is 4.99. The predicted molar refractivity (Wildman–Crippen MR) is 161 cm³/mol. The number of fused-ring (bicyclic) bond motifs is 1. The summed E-state index contributed by atoms with van der Waals surface area (Å²) in [4.78, 5) is 52.2. The molecule has 47 heavy (non-hydrogen) atoms. The third-order valence-corrected chi connectivity index (χ3v) is 10.7. The van der Waals surface area contributed by atoms with Gasteiger partial charge in [-0.25, -0.2) is 18.7 Å². The Kier molecular flexibility index (Phi) is 11.3. The molecule has 3 heterocycles. The number of nitro benzene ring substituents is 1. The normalized spacial score (nSPS) is 21.9. The highest BCUT2D eigenvalue weighted by atomic mass is 31.3. The van der Waals surface area contributed by atoms with Crippen molar-refractivity contribution in [1.29, 1.82) is 0 Å². The van der Waals surface area contributed by atoms with Crippen LogP contribution in [0.25, 0.3) is 11.0 Å². The van der Waals surface area contributed by atoms with Crippen LogP contribution in [-0.2, 0) is 42.9 Å². The first-order valence-corrected chi connectivity index (χ1v) is 18.1. The summed E-state index contributed by atoms with van der Waals surface area (Å²) in [5, 5.41) is 22.9. The fraction of sp³-hybridized carbons (Fsp3) is 0.458. The number of benzene rings is 1. The standard InChI is InChI=1S/C24H33N4O16P3/c1-13(2)23(16-5-4-15(39-3)8-18(16)28(30)31)40-11-14-10-27(24-22(14)17(25)6-7-26-24)21-9-19(29)20(42-21)12-41-46(35,36)44-47(37,38)43-45(32,33)34/h4-8,10,13,19-21,23,29H,9,11-12H2,1-3H3,(H2,25,26)(H,35,36)(H,37,38)(H2,32,33,34)/t19?,20-,21-,23-/m1/s1. The van der Waals surface area contributed by atoms with Crippen molar-refractivity contribution in [3.05, 3.63) is 57.9 Å². The Morgan fingerprint density at radius 1 is 1.15 bits per heavy atom. The van der Waals surface area contributed by atoms with Gasteiger partial charge in [-0.1, -0.05) is 13.8 Å². The summed E-state index contributed by atoms with van der Waals surface area (Å²) < 4.78 is 65.3. The number of ether oxygens (including phenoxy) is 3. The van der Waals surface area contributed by atoms with Crippen molar-refractivity contribution in [1.82, 2.24) is 9.55 Å². The van der Waals surface area contributed by atoms with Crippen LogP contribution in [-0.4, -0.2) is 65.1 Å². The lowest BCUT2D eigenvalue weighted by Crippen LogP contribution is -2.26. The molecule has 260 valence electrons. The minimum Gasteiger partial charge on any atom is -0.497 e. The van der Waals surface area contributed by atoms with Crippen LogP contribution in [0.4, 0.5) is 11.4 Å². The van der Waals surface area contributed by atoms with Gasteiger partial charge in [0.2, 0.25) is 0 Å². The maximum Gasteiger partial charge on any atom is 0.490 e. The van der Waals surface area contributed by atoms with Crippen LogP contribution in [0.1, 0.15) is 43.7 Å². The number of methoxy groups -OCH3 is 1. The molecule has 4 rings (SSSR count). The highest BCUT2D eigenvalue weighted by Crippen LogP contribution is 2.66. The first-order valence-electron chi connectivity index (χ1n) is 13.6. The van der Waals surface area contributed by atoms with Gasteiger partial charge in [-0.2, -0.15) is 8.62 Å². The molecule has 0 spiro atoms. The van der Waals surface area contributed by atoms with Gasteiger partial charge in [0.1, 0.15) is 23.7 Å². The van der Waals surface area contributed by atoms with E-state index in [1.807, 2.05) is 13.8 Å². The van der Waals surface area contributed by atoms with E-state index in [4.69, 9.17) is 29.7 Å². The molecule has 6 atom stereocenters. The summed E-state index contributed by atoms with van der Waals surface area (Å²) in [6, 6.07) is 6.03. The number of aliphatic hydroxyl groups is 1. The molecular formula is C24H33N4O16P3. The SMILES string of the molecule is COc1ccc([C@H](OCc2cn([C@H]3CC(O)[C@@H](COP(=O)(O)OP(=O)(O)OP(=O)(O)O)O3)c3nccc(N)c23)C(C)C)c([N+](=O)[O-])c1. The van der Waals surface area contributed by atoms with Crippen molar-refractivity contribution in [2.24, 2.45) is 5.92 Å². The topological polar surface area (TPSA) is 295 Å². The zero-order chi connectivity index (χ0) is 34.9. The lowest BCUT2D eigenvalue weighted by molar-refractivity contribution is -0.386. The van der Waals surface area contributed by atoms with E-state index >= 15 is 0 Å². The lowest BCUT2D eigenvalue weighted by atomic mass is 9.97. The zero-order valence-electron chi connectivity index (χ0n) is 25.0. The molecule has 20 nitrogen and oxygen atoms in total. The Bertz CT molecular complexity index is 1760. The van der Waals surface area contributed by atoms with E-state index in [-0.39, 0.29) is 24.6 Å². The average molecular weight is 726 g/mol. The van der Waals surface area contributed by atoms with Gasteiger partial charge >= 0.3 is 23.5 Å². The number of aromatic nitrogens is 2. The van der Waals surface area contributed by atoms with E-state index in [2.05, 4.69) is 18.1 Å².